The maximum atomic E-state index is 10.9. The third-order valence-corrected chi connectivity index (χ3v) is 2.68. The van der Waals surface area contributed by atoms with Crippen LogP contribution >= 0.6 is 0 Å². The predicted molar refractivity (Wildman–Crippen MR) is 53.3 cm³/mol. The van der Waals surface area contributed by atoms with Crippen LogP contribution in [-0.4, -0.2) is 16.6 Å². The Balaban J connectivity index is 2.27. The fraction of sp³-hybridized carbons (Fsp3) is 0.364. The van der Waals surface area contributed by atoms with Crippen molar-refractivity contribution in [1.29, 1.82) is 0 Å². The molecule has 0 aliphatic heterocycles. The number of aromatic carboxylic acids is 1. The van der Waals surface area contributed by atoms with Crippen LogP contribution in [0.25, 0.3) is 0 Å². The molecule has 1 aromatic carbocycles. The lowest BCUT2D eigenvalue weighted by molar-refractivity contribution is 0.0695. The topological polar surface area (TPSA) is 63.3 Å². The van der Waals surface area contributed by atoms with Crippen LogP contribution in [0.2, 0.25) is 0 Å². The first kappa shape index (κ1) is 9.21. The summed E-state index contributed by atoms with van der Waals surface area (Å²) >= 11 is 0. The zero-order chi connectivity index (χ0) is 10.2. The average Bonchev–Trinajstić information content (AvgIpc) is 2.84. The molecule has 1 fully saturated rings. The van der Waals surface area contributed by atoms with Crippen molar-refractivity contribution in [3.63, 3.8) is 0 Å². The number of carbonyl (C=O) groups is 1. The predicted octanol–water partition coefficient (Wildman–Crippen LogP) is 1.42. The summed E-state index contributed by atoms with van der Waals surface area (Å²) in [6, 6.07) is 7.07. The Morgan fingerprint density at radius 2 is 2.07 bits per heavy atom. The van der Waals surface area contributed by atoms with Gasteiger partial charge in [-0.25, -0.2) is 4.79 Å². The maximum absolute atomic E-state index is 10.9. The van der Waals surface area contributed by atoms with E-state index in [0.29, 0.717) is 12.0 Å². The number of nitrogens with two attached hydrogens (primary N) is 1. The van der Waals surface area contributed by atoms with Gasteiger partial charge in [0.15, 0.2) is 0 Å². The van der Waals surface area contributed by atoms with Gasteiger partial charge in [-0.1, -0.05) is 18.2 Å². The SMILES string of the molecule is NC1(Cc2ccccc2C(=O)O)CC1. The second-order valence-electron chi connectivity index (χ2n) is 4.00. The van der Waals surface area contributed by atoms with Gasteiger partial charge in [-0.15, -0.1) is 0 Å². The second-order valence-corrected chi connectivity index (χ2v) is 4.00. The van der Waals surface area contributed by atoms with Gasteiger partial charge in [0.2, 0.25) is 0 Å². The molecule has 74 valence electrons. The molecule has 1 aromatic rings. The fourth-order valence-corrected chi connectivity index (χ4v) is 1.60. The number of hydrogen-bond acceptors (Lipinski definition) is 2. The Kier molecular flexibility index (Phi) is 2.04. The van der Waals surface area contributed by atoms with Gasteiger partial charge in [0.05, 0.1) is 5.56 Å². The lowest BCUT2D eigenvalue weighted by Gasteiger charge is -2.10. The monoisotopic (exact) mass is 191 g/mol. The molecule has 3 heteroatoms. The zero-order valence-electron chi connectivity index (χ0n) is 7.86. The van der Waals surface area contributed by atoms with E-state index >= 15 is 0 Å². The Hall–Kier alpha value is -1.35. The van der Waals surface area contributed by atoms with Gasteiger partial charge < -0.3 is 10.8 Å². The van der Waals surface area contributed by atoms with Crippen LogP contribution in [0.15, 0.2) is 24.3 Å². The molecule has 0 amide bonds. The Bertz CT molecular complexity index is 369. The van der Waals surface area contributed by atoms with Crippen LogP contribution in [0.5, 0.6) is 0 Å². The minimum atomic E-state index is -0.871. The summed E-state index contributed by atoms with van der Waals surface area (Å²) in [6.07, 6.45) is 2.68. The summed E-state index contributed by atoms with van der Waals surface area (Å²) in [7, 11) is 0. The first-order valence-electron chi connectivity index (χ1n) is 4.71. The van der Waals surface area contributed by atoms with Crippen LogP contribution in [0.3, 0.4) is 0 Å². The summed E-state index contributed by atoms with van der Waals surface area (Å²) in [5, 5.41) is 8.94. The number of carboxylic acid groups (broad SMARTS) is 1. The van der Waals surface area contributed by atoms with Gasteiger partial charge in [0.1, 0.15) is 0 Å². The molecule has 0 radical (unpaired) electrons. The molecule has 0 saturated heterocycles. The van der Waals surface area contributed by atoms with E-state index in [0.717, 1.165) is 18.4 Å². The van der Waals surface area contributed by atoms with E-state index < -0.39 is 5.97 Å². The van der Waals surface area contributed by atoms with Gasteiger partial charge in [-0.05, 0) is 30.9 Å². The van der Waals surface area contributed by atoms with Gasteiger partial charge >= 0.3 is 5.97 Å². The smallest absolute Gasteiger partial charge is 0.335 e. The largest absolute Gasteiger partial charge is 0.478 e. The van der Waals surface area contributed by atoms with Crippen molar-refractivity contribution in [3.05, 3.63) is 35.4 Å². The van der Waals surface area contributed by atoms with E-state index in [1.807, 2.05) is 12.1 Å². The van der Waals surface area contributed by atoms with Crippen molar-refractivity contribution in [2.45, 2.75) is 24.8 Å². The van der Waals surface area contributed by atoms with Gasteiger partial charge in [0, 0.05) is 5.54 Å². The Labute approximate surface area is 82.5 Å². The summed E-state index contributed by atoms with van der Waals surface area (Å²) in [5.41, 5.74) is 7.05. The quantitative estimate of drug-likeness (QED) is 0.759. The molecular weight excluding hydrogens is 178 g/mol. The minimum absolute atomic E-state index is 0.133. The number of carboxylic acids is 1. The highest BCUT2D eigenvalue weighted by molar-refractivity contribution is 5.89. The summed E-state index contributed by atoms with van der Waals surface area (Å²) in [6.45, 7) is 0. The van der Waals surface area contributed by atoms with Crippen molar-refractivity contribution in [2.75, 3.05) is 0 Å². The third kappa shape index (κ3) is 1.77. The van der Waals surface area contributed by atoms with Crippen molar-refractivity contribution in [2.24, 2.45) is 5.73 Å². The highest BCUT2D eigenvalue weighted by Crippen LogP contribution is 2.36. The molecule has 1 saturated carbocycles. The number of benzene rings is 1. The molecule has 2 rings (SSSR count). The van der Waals surface area contributed by atoms with Gasteiger partial charge in [-0.2, -0.15) is 0 Å². The summed E-state index contributed by atoms with van der Waals surface area (Å²) in [5.74, 6) is -0.871. The minimum Gasteiger partial charge on any atom is -0.478 e. The van der Waals surface area contributed by atoms with Crippen molar-refractivity contribution in [1.82, 2.24) is 0 Å². The molecule has 0 bridgehead atoms. The van der Waals surface area contributed by atoms with E-state index in [1.54, 1.807) is 12.1 Å². The molecule has 1 aliphatic rings. The van der Waals surface area contributed by atoms with Crippen LogP contribution < -0.4 is 5.73 Å². The van der Waals surface area contributed by atoms with Gasteiger partial charge in [0.25, 0.3) is 0 Å². The molecule has 14 heavy (non-hydrogen) atoms. The number of rotatable bonds is 3. The van der Waals surface area contributed by atoms with Crippen molar-refractivity contribution >= 4 is 5.97 Å². The van der Waals surface area contributed by atoms with E-state index in [-0.39, 0.29) is 5.54 Å². The summed E-state index contributed by atoms with van der Waals surface area (Å²) in [4.78, 5) is 10.9. The molecule has 0 heterocycles. The molecule has 0 atom stereocenters. The van der Waals surface area contributed by atoms with Crippen molar-refractivity contribution in [3.8, 4) is 0 Å². The third-order valence-electron chi connectivity index (χ3n) is 2.68. The fourth-order valence-electron chi connectivity index (χ4n) is 1.60. The Morgan fingerprint density at radius 3 is 2.64 bits per heavy atom. The van der Waals surface area contributed by atoms with Crippen LogP contribution in [0.1, 0.15) is 28.8 Å². The van der Waals surface area contributed by atoms with Crippen LogP contribution in [0.4, 0.5) is 0 Å². The molecule has 0 aromatic heterocycles. The normalized spacial score (nSPS) is 17.8. The zero-order valence-corrected chi connectivity index (χ0v) is 7.86. The van der Waals surface area contributed by atoms with Gasteiger partial charge in [-0.3, -0.25) is 0 Å². The molecular formula is C11H13NO2. The van der Waals surface area contributed by atoms with Crippen LogP contribution in [-0.2, 0) is 6.42 Å². The maximum Gasteiger partial charge on any atom is 0.335 e. The Morgan fingerprint density at radius 1 is 1.43 bits per heavy atom. The molecule has 0 unspecified atom stereocenters. The van der Waals surface area contributed by atoms with Crippen LogP contribution in [0, 0.1) is 0 Å². The van der Waals surface area contributed by atoms with E-state index in [9.17, 15) is 4.79 Å². The highest BCUT2D eigenvalue weighted by atomic mass is 16.4. The van der Waals surface area contributed by atoms with E-state index in [1.165, 1.54) is 0 Å². The first-order valence-corrected chi connectivity index (χ1v) is 4.71. The standard InChI is InChI=1S/C11H13NO2/c12-11(5-6-11)7-8-3-1-2-4-9(8)10(13)14/h1-4H,5-7,12H2,(H,13,14). The molecule has 1 aliphatic carbocycles. The molecule has 3 nitrogen and oxygen atoms in total. The average molecular weight is 191 g/mol. The first-order chi connectivity index (χ1) is 6.61. The van der Waals surface area contributed by atoms with Crippen molar-refractivity contribution < 1.29 is 9.90 Å². The number of hydrogen-bond donors (Lipinski definition) is 2. The lowest BCUT2D eigenvalue weighted by atomic mass is 9.99. The van der Waals surface area contributed by atoms with E-state index in [4.69, 9.17) is 10.8 Å². The molecule has 0 spiro atoms. The lowest BCUT2D eigenvalue weighted by Crippen LogP contribution is -2.25. The second kappa shape index (κ2) is 3.10. The molecule has 3 N–H and O–H groups in total. The highest BCUT2D eigenvalue weighted by Gasteiger charge is 2.38. The van der Waals surface area contributed by atoms with E-state index in [2.05, 4.69) is 0 Å². The summed E-state index contributed by atoms with van der Waals surface area (Å²) < 4.78 is 0.